The van der Waals surface area contributed by atoms with E-state index in [-0.39, 0.29) is 12.5 Å². The van der Waals surface area contributed by atoms with Crippen LogP contribution in [0.1, 0.15) is 39.0 Å². The van der Waals surface area contributed by atoms with Crippen LogP contribution in [0.15, 0.2) is 0 Å². The predicted octanol–water partition coefficient (Wildman–Crippen LogP) is 0.749. The zero-order valence-corrected chi connectivity index (χ0v) is 10.2. The van der Waals surface area contributed by atoms with Crippen LogP contribution in [0.25, 0.3) is 0 Å². The third kappa shape index (κ3) is 4.49. The second kappa shape index (κ2) is 7.63. The first-order chi connectivity index (χ1) is 7.77. The van der Waals surface area contributed by atoms with E-state index in [1.54, 1.807) is 0 Å². The van der Waals surface area contributed by atoms with Gasteiger partial charge < -0.3 is 15.3 Å². The summed E-state index contributed by atoms with van der Waals surface area (Å²) >= 11 is 0. The van der Waals surface area contributed by atoms with Gasteiger partial charge in [-0.2, -0.15) is 0 Å². The van der Waals surface area contributed by atoms with Crippen molar-refractivity contribution < 1.29 is 9.90 Å². The summed E-state index contributed by atoms with van der Waals surface area (Å²) in [5.74, 6) is 0.288. The summed E-state index contributed by atoms with van der Waals surface area (Å²) in [6, 6.07) is 0.418. The summed E-state index contributed by atoms with van der Waals surface area (Å²) in [6.07, 6.45) is 4.62. The molecule has 0 aromatic heterocycles. The Morgan fingerprint density at radius 2 is 2.38 bits per heavy atom. The molecule has 1 aliphatic heterocycles. The molecular formula is C12H24N2O2. The molecule has 0 aliphatic carbocycles. The van der Waals surface area contributed by atoms with Gasteiger partial charge in [-0.3, -0.25) is 4.79 Å². The van der Waals surface area contributed by atoms with Gasteiger partial charge in [-0.1, -0.05) is 6.92 Å². The molecule has 4 heteroatoms. The Hall–Kier alpha value is -0.610. The van der Waals surface area contributed by atoms with Crippen molar-refractivity contribution in [2.45, 2.75) is 45.1 Å². The predicted molar refractivity (Wildman–Crippen MR) is 64.2 cm³/mol. The molecule has 0 saturated carbocycles. The number of nitrogens with one attached hydrogen (secondary N) is 1. The summed E-state index contributed by atoms with van der Waals surface area (Å²) in [4.78, 5) is 13.7. The lowest BCUT2D eigenvalue weighted by Gasteiger charge is -2.33. The molecule has 0 radical (unpaired) electrons. The molecule has 0 aromatic carbocycles. The lowest BCUT2D eigenvalue weighted by molar-refractivity contribution is -0.132. The van der Waals surface area contributed by atoms with Crippen molar-refractivity contribution in [1.82, 2.24) is 10.2 Å². The first kappa shape index (κ1) is 13.5. The number of rotatable bonds is 6. The molecule has 2 N–H and O–H groups in total. The SMILES string of the molecule is CCCC(=O)N1CCCC(NCCCO)C1. The normalized spacial score (nSPS) is 21.1. The maximum absolute atomic E-state index is 11.7. The van der Waals surface area contributed by atoms with E-state index >= 15 is 0 Å². The minimum Gasteiger partial charge on any atom is -0.396 e. The zero-order chi connectivity index (χ0) is 11.8. The van der Waals surface area contributed by atoms with Crippen LogP contribution in [0.4, 0.5) is 0 Å². The third-order valence-corrected chi connectivity index (χ3v) is 3.01. The maximum atomic E-state index is 11.7. The summed E-state index contributed by atoms with van der Waals surface area (Å²) in [6.45, 7) is 4.87. The van der Waals surface area contributed by atoms with Crippen LogP contribution in [0.3, 0.4) is 0 Å². The second-order valence-electron chi connectivity index (χ2n) is 4.46. The first-order valence-electron chi connectivity index (χ1n) is 6.40. The van der Waals surface area contributed by atoms with E-state index in [4.69, 9.17) is 5.11 Å². The average molecular weight is 228 g/mol. The van der Waals surface area contributed by atoms with Gasteiger partial charge in [0.25, 0.3) is 0 Å². The summed E-state index contributed by atoms with van der Waals surface area (Å²) in [7, 11) is 0. The number of aliphatic hydroxyl groups is 1. The van der Waals surface area contributed by atoms with Crippen molar-refractivity contribution in [2.24, 2.45) is 0 Å². The highest BCUT2D eigenvalue weighted by Crippen LogP contribution is 2.11. The van der Waals surface area contributed by atoms with Crippen LogP contribution in [0, 0.1) is 0 Å². The van der Waals surface area contributed by atoms with Crippen molar-refractivity contribution in [1.29, 1.82) is 0 Å². The van der Waals surface area contributed by atoms with Crippen LogP contribution in [-0.2, 0) is 4.79 Å². The van der Waals surface area contributed by atoms with Crippen LogP contribution in [-0.4, -0.2) is 48.2 Å². The molecular weight excluding hydrogens is 204 g/mol. The molecule has 1 heterocycles. The van der Waals surface area contributed by atoms with E-state index in [9.17, 15) is 4.79 Å². The van der Waals surface area contributed by atoms with Gasteiger partial charge >= 0.3 is 0 Å². The lowest BCUT2D eigenvalue weighted by Crippen LogP contribution is -2.48. The molecule has 16 heavy (non-hydrogen) atoms. The van der Waals surface area contributed by atoms with E-state index < -0.39 is 0 Å². The number of amides is 1. The highest BCUT2D eigenvalue weighted by atomic mass is 16.3. The largest absolute Gasteiger partial charge is 0.396 e. The zero-order valence-electron chi connectivity index (χ0n) is 10.2. The van der Waals surface area contributed by atoms with Gasteiger partial charge in [0.1, 0.15) is 0 Å². The van der Waals surface area contributed by atoms with Gasteiger partial charge in [0, 0.05) is 32.2 Å². The molecule has 1 rings (SSSR count). The number of carbonyl (C=O) groups is 1. The molecule has 0 spiro atoms. The monoisotopic (exact) mass is 228 g/mol. The Labute approximate surface area is 98.0 Å². The number of hydrogen-bond donors (Lipinski definition) is 2. The number of aliphatic hydroxyl groups excluding tert-OH is 1. The molecule has 94 valence electrons. The minimum atomic E-state index is 0.234. The van der Waals surface area contributed by atoms with Gasteiger partial charge in [-0.05, 0) is 32.2 Å². The standard InChI is InChI=1S/C12H24N2O2/c1-2-5-12(16)14-8-3-6-11(10-14)13-7-4-9-15/h11,13,15H,2-10H2,1H3. The first-order valence-corrected chi connectivity index (χ1v) is 6.40. The second-order valence-corrected chi connectivity index (χ2v) is 4.46. The molecule has 1 atom stereocenters. The Bertz CT molecular complexity index is 209. The van der Waals surface area contributed by atoms with Crippen LogP contribution in [0.2, 0.25) is 0 Å². The summed E-state index contributed by atoms with van der Waals surface area (Å²) in [5.41, 5.74) is 0. The fourth-order valence-corrected chi connectivity index (χ4v) is 2.13. The summed E-state index contributed by atoms with van der Waals surface area (Å²) in [5, 5.41) is 12.1. The maximum Gasteiger partial charge on any atom is 0.222 e. The number of carbonyl (C=O) groups excluding carboxylic acids is 1. The van der Waals surface area contributed by atoms with E-state index in [0.717, 1.165) is 45.3 Å². The van der Waals surface area contributed by atoms with Crippen molar-refractivity contribution >= 4 is 5.91 Å². The molecule has 1 amide bonds. The van der Waals surface area contributed by atoms with Gasteiger partial charge in [0.2, 0.25) is 5.91 Å². The number of nitrogens with zero attached hydrogens (tertiary/aromatic N) is 1. The Kier molecular flexibility index (Phi) is 6.42. The summed E-state index contributed by atoms with van der Waals surface area (Å²) < 4.78 is 0. The number of piperidine rings is 1. The van der Waals surface area contributed by atoms with Crippen molar-refractivity contribution in [3.05, 3.63) is 0 Å². The van der Waals surface area contributed by atoms with Crippen LogP contribution in [0.5, 0.6) is 0 Å². The highest BCUT2D eigenvalue weighted by Gasteiger charge is 2.22. The molecule has 1 fully saturated rings. The van der Waals surface area contributed by atoms with Gasteiger partial charge in [-0.15, -0.1) is 0 Å². The van der Waals surface area contributed by atoms with Crippen LogP contribution < -0.4 is 5.32 Å². The fraction of sp³-hybridized carbons (Fsp3) is 0.917. The van der Waals surface area contributed by atoms with Crippen molar-refractivity contribution in [3.8, 4) is 0 Å². The van der Waals surface area contributed by atoms with Gasteiger partial charge in [-0.25, -0.2) is 0 Å². The van der Waals surface area contributed by atoms with E-state index in [1.807, 2.05) is 11.8 Å². The van der Waals surface area contributed by atoms with E-state index in [1.165, 1.54) is 0 Å². The Morgan fingerprint density at radius 3 is 3.06 bits per heavy atom. The molecule has 0 bridgehead atoms. The average Bonchev–Trinajstić information content (AvgIpc) is 2.30. The molecule has 0 aromatic rings. The Morgan fingerprint density at radius 1 is 1.56 bits per heavy atom. The van der Waals surface area contributed by atoms with Crippen molar-refractivity contribution in [3.63, 3.8) is 0 Å². The highest BCUT2D eigenvalue weighted by molar-refractivity contribution is 5.76. The number of likely N-dealkylation sites (tertiary alicyclic amines) is 1. The number of hydrogen-bond acceptors (Lipinski definition) is 3. The Balaban J connectivity index is 2.26. The molecule has 1 aliphatic rings. The topological polar surface area (TPSA) is 52.6 Å². The molecule has 1 unspecified atom stereocenters. The fourth-order valence-electron chi connectivity index (χ4n) is 2.13. The van der Waals surface area contributed by atoms with Crippen LogP contribution >= 0.6 is 0 Å². The lowest BCUT2D eigenvalue weighted by atomic mass is 10.0. The molecule has 4 nitrogen and oxygen atoms in total. The minimum absolute atomic E-state index is 0.234. The van der Waals surface area contributed by atoms with Gasteiger partial charge in [0.15, 0.2) is 0 Å². The van der Waals surface area contributed by atoms with E-state index in [0.29, 0.717) is 12.5 Å². The molecule has 1 saturated heterocycles. The smallest absolute Gasteiger partial charge is 0.222 e. The van der Waals surface area contributed by atoms with Crippen molar-refractivity contribution in [2.75, 3.05) is 26.2 Å². The third-order valence-electron chi connectivity index (χ3n) is 3.01. The van der Waals surface area contributed by atoms with E-state index in [2.05, 4.69) is 5.32 Å². The van der Waals surface area contributed by atoms with Gasteiger partial charge in [0.05, 0.1) is 0 Å². The quantitative estimate of drug-likeness (QED) is 0.660.